The van der Waals surface area contributed by atoms with Crippen molar-refractivity contribution in [2.24, 2.45) is 0 Å². The molecule has 0 spiro atoms. The van der Waals surface area contributed by atoms with Gasteiger partial charge < -0.3 is 9.47 Å². The largest absolute Gasteiger partial charge is 0.450 e. The van der Waals surface area contributed by atoms with Crippen LogP contribution in [0.5, 0.6) is 23.0 Å². The van der Waals surface area contributed by atoms with Crippen molar-refractivity contribution in [1.29, 1.82) is 0 Å². The average molecular weight is 484 g/mol. The lowest BCUT2D eigenvalue weighted by atomic mass is 10.0. The molecule has 0 bridgehead atoms. The van der Waals surface area contributed by atoms with Crippen molar-refractivity contribution in [3.63, 3.8) is 0 Å². The quantitative estimate of drug-likeness (QED) is 0.230. The molecule has 2 aromatic carbocycles. The third-order valence-electron chi connectivity index (χ3n) is 4.40. The first-order chi connectivity index (χ1) is 16.2. The van der Waals surface area contributed by atoms with Gasteiger partial charge in [-0.3, -0.25) is 0 Å². The highest BCUT2D eigenvalue weighted by Crippen LogP contribution is 2.42. The van der Waals surface area contributed by atoms with Crippen LogP contribution in [0.15, 0.2) is 48.5 Å². The molecule has 4 aromatic rings. The van der Waals surface area contributed by atoms with Gasteiger partial charge in [0.25, 0.3) is 23.8 Å². The Balaban J connectivity index is 1.82. The third kappa shape index (κ3) is 4.09. The lowest BCUT2D eigenvalue weighted by Gasteiger charge is -2.16. The first-order valence-electron chi connectivity index (χ1n) is 9.13. The molecule has 4 nitrogen and oxygen atoms in total. The molecule has 0 saturated heterocycles. The molecule has 34 heavy (non-hydrogen) atoms. The number of halogens is 8. The summed E-state index contributed by atoms with van der Waals surface area (Å²) in [6.45, 7) is 0. The molecule has 174 valence electrons. The fourth-order valence-corrected chi connectivity index (χ4v) is 2.89. The molecule has 4 rings (SSSR count). The highest BCUT2D eigenvalue weighted by atomic mass is 19.2. The zero-order chi connectivity index (χ0) is 24.6. The van der Waals surface area contributed by atoms with Crippen molar-refractivity contribution in [3.8, 4) is 34.1 Å². The Hall–Kier alpha value is -4.22. The van der Waals surface area contributed by atoms with Crippen molar-refractivity contribution >= 4 is 0 Å². The minimum absolute atomic E-state index is 0.0367. The van der Waals surface area contributed by atoms with Crippen LogP contribution < -0.4 is 9.47 Å². The van der Waals surface area contributed by atoms with Crippen LogP contribution in [0, 0.1) is 47.1 Å². The standard InChI is InChI=1S/C22H8F8N2O2/c23-13-17(14(24)20(28)31-19(13)27)33-11-7-3-1-5-9(11)10-6-2-4-8-12(10)34-18-15(25)21(29)32-22(30)16(18)26/h1-8H. The molecule has 0 aliphatic heterocycles. The lowest BCUT2D eigenvalue weighted by Crippen LogP contribution is -2.04. The summed E-state index contributed by atoms with van der Waals surface area (Å²) in [5.74, 6) is -19.1. The summed E-state index contributed by atoms with van der Waals surface area (Å²) in [7, 11) is 0. The van der Waals surface area contributed by atoms with E-state index in [1.807, 2.05) is 0 Å². The minimum Gasteiger partial charge on any atom is -0.450 e. The summed E-state index contributed by atoms with van der Waals surface area (Å²) in [4.78, 5) is 4.85. The van der Waals surface area contributed by atoms with Gasteiger partial charge in [-0.05, 0) is 12.1 Å². The Labute approximate surface area is 185 Å². The van der Waals surface area contributed by atoms with Gasteiger partial charge in [-0.2, -0.15) is 45.1 Å². The van der Waals surface area contributed by atoms with Crippen LogP contribution in [-0.2, 0) is 0 Å². The normalized spacial score (nSPS) is 10.9. The van der Waals surface area contributed by atoms with E-state index in [1.54, 1.807) is 0 Å². The van der Waals surface area contributed by atoms with Crippen molar-refractivity contribution in [2.45, 2.75) is 0 Å². The van der Waals surface area contributed by atoms with E-state index in [9.17, 15) is 35.1 Å². The fourth-order valence-electron chi connectivity index (χ4n) is 2.89. The van der Waals surface area contributed by atoms with Crippen molar-refractivity contribution in [1.82, 2.24) is 9.97 Å². The number of pyridine rings is 2. The van der Waals surface area contributed by atoms with Gasteiger partial charge in [-0.1, -0.05) is 36.4 Å². The van der Waals surface area contributed by atoms with Gasteiger partial charge in [-0.25, -0.2) is 0 Å². The van der Waals surface area contributed by atoms with Crippen LogP contribution >= 0.6 is 0 Å². The van der Waals surface area contributed by atoms with Crippen LogP contribution in [-0.4, -0.2) is 9.97 Å². The van der Waals surface area contributed by atoms with Gasteiger partial charge in [0.05, 0.1) is 0 Å². The summed E-state index contributed by atoms with van der Waals surface area (Å²) < 4.78 is 120. The second-order valence-corrected chi connectivity index (χ2v) is 6.50. The Morgan fingerprint density at radius 3 is 1.06 bits per heavy atom. The summed E-state index contributed by atoms with van der Waals surface area (Å²) in [6, 6.07) is 10.5. The van der Waals surface area contributed by atoms with E-state index >= 15 is 0 Å². The summed E-state index contributed by atoms with van der Waals surface area (Å²) in [5, 5.41) is 0. The third-order valence-corrected chi connectivity index (χ3v) is 4.40. The maximum absolute atomic E-state index is 14.0. The molecule has 0 atom stereocenters. The lowest BCUT2D eigenvalue weighted by molar-refractivity contribution is 0.342. The number of aromatic nitrogens is 2. The molecule has 0 unspecified atom stereocenters. The number of ether oxygens (including phenoxy) is 2. The summed E-state index contributed by atoms with van der Waals surface area (Å²) in [5.41, 5.74) is -0.0734. The van der Waals surface area contributed by atoms with E-state index in [4.69, 9.17) is 9.47 Å². The molecule has 0 fully saturated rings. The molecule has 2 heterocycles. The van der Waals surface area contributed by atoms with Gasteiger partial charge in [-0.15, -0.1) is 0 Å². The molecular formula is C22H8F8N2O2. The minimum atomic E-state index is -1.96. The predicted molar refractivity (Wildman–Crippen MR) is 100 cm³/mol. The summed E-state index contributed by atoms with van der Waals surface area (Å²) in [6.07, 6.45) is 0. The van der Waals surface area contributed by atoms with Crippen LogP contribution in [0.3, 0.4) is 0 Å². The molecule has 0 N–H and O–H groups in total. The number of nitrogens with zero attached hydrogens (tertiary/aromatic N) is 2. The molecule has 0 saturated carbocycles. The Morgan fingerprint density at radius 1 is 0.441 bits per heavy atom. The van der Waals surface area contributed by atoms with E-state index in [0.717, 1.165) is 12.1 Å². The second-order valence-electron chi connectivity index (χ2n) is 6.50. The zero-order valence-corrected chi connectivity index (χ0v) is 16.4. The molecule has 2 aromatic heterocycles. The number of hydrogen-bond donors (Lipinski definition) is 0. The smallest absolute Gasteiger partial charge is 0.255 e. The van der Waals surface area contributed by atoms with E-state index in [2.05, 4.69) is 9.97 Å². The van der Waals surface area contributed by atoms with Crippen LogP contribution in [0.1, 0.15) is 0 Å². The molecule has 12 heteroatoms. The molecule has 0 aliphatic carbocycles. The Kier molecular flexibility index (Phi) is 6.05. The maximum Gasteiger partial charge on any atom is 0.255 e. The molecule has 0 radical (unpaired) electrons. The molecule has 0 amide bonds. The predicted octanol–water partition coefficient (Wildman–Crippen LogP) is 6.84. The fraction of sp³-hybridized carbons (Fsp3) is 0. The average Bonchev–Trinajstić information content (AvgIpc) is 2.82. The van der Waals surface area contributed by atoms with Gasteiger partial charge in [0.1, 0.15) is 11.5 Å². The highest BCUT2D eigenvalue weighted by molar-refractivity contribution is 5.76. The van der Waals surface area contributed by atoms with Crippen molar-refractivity contribution in [3.05, 3.63) is 95.6 Å². The van der Waals surface area contributed by atoms with E-state index in [0.29, 0.717) is 0 Å². The Morgan fingerprint density at radius 2 is 0.735 bits per heavy atom. The second kappa shape index (κ2) is 8.96. The van der Waals surface area contributed by atoms with E-state index in [-0.39, 0.29) is 22.6 Å². The van der Waals surface area contributed by atoms with Gasteiger partial charge in [0.15, 0.2) is 0 Å². The summed E-state index contributed by atoms with van der Waals surface area (Å²) >= 11 is 0. The number of benzene rings is 2. The highest BCUT2D eigenvalue weighted by Gasteiger charge is 2.26. The van der Waals surface area contributed by atoms with Gasteiger partial charge >= 0.3 is 0 Å². The van der Waals surface area contributed by atoms with Crippen molar-refractivity contribution in [2.75, 3.05) is 0 Å². The Bertz CT molecular complexity index is 1260. The van der Waals surface area contributed by atoms with Gasteiger partial charge in [0.2, 0.25) is 34.8 Å². The topological polar surface area (TPSA) is 44.2 Å². The van der Waals surface area contributed by atoms with Gasteiger partial charge in [0, 0.05) is 11.1 Å². The number of rotatable bonds is 5. The van der Waals surface area contributed by atoms with Crippen LogP contribution in [0.25, 0.3) is 11.1 Å². The maximum atomic E-state index is 14.0. The first-order valence-corrected chi connectivity index (χ1v) is 9.13. The SMILES string of the molecule is Fc1nc(F)c(F)c(Oc2ccccc2-c2ccccc2Oc2c(F)c(F)nc(F)c2F)c1F. The van der Waals surface area contributed by atoms with E-state index < -0.39 is 58.6 Å². The monoisotopic (exact) mass is 484 g/mol. The van der Waals surface area contributed by atoms with E-state index in [1.165, 1.54) is 36.4 Å². The molecule has 0 aliphatic rings. The van der Waals surface area contributed by atoms with Crippen LogP contribution in [0.2, 0.25) is 0 Å². The molecular weight excluding hydrogens is 476 g/mol. The number of hydrogen-bond acceptors (Lipinski definition) is 4. The van der Waals surface area contributed by atoms with Crippen molar-refractivity contribution < 1.29 is 44.6 Å². The number of para-hydroxylation sites is 2. The zero-order valence-electron chi connectivity index (χ0n) is 16.4. The van der Waals surface area contributed by atoms with Crippen LogP contribution in [0.4, 0.5) is 35.1 Å². The first kappa shape index (κ1) is 23.0.